The summed E-state index contributed by atoms with van der Waals surface area (Å²) in [7, 11) is -3.49. The molecular weight excluding hydrogens is 323 g/mol. The van der Waals surface area contributed by atoms with Crippen molar-refractivity contribution in [2.24, 2.45) is 0 Å². The molecule has 2 aromatic rings. The third kappa shape index (κ3) is 2.27. The lowest BCUT2D eigenvalue weighted by Crippen LogP contribution is -2.18. The van der Waals surface area contributed by atoms with Crippen LogP contribution in [0.4, 0.5) is 0 Å². The van der Waals surface area contributed by atoms with Crippen molar-refractivity contribution in [2.45, 2.75) is 6.42 Å². The molecule has 4 nitrogen and oxygen atoms in total. The van der Waals surface area contributed by atoms with E-state index in [1.54, 1.807) is 18.2 Å². The second kappa shape index (κ2) is 5.43. The number of hydrogen-bond donors (Lipinski definition) is 2. The molecule has 0 fully saturated rings. The van der Waals surface area contributed by atoms with Crippen LogP contribution >= 0.6 is 7.37 Å². The Morgan fingerprint density at radius 3 is 2.46 bits per heavy atom. The van der Waals surface area contributed by atoms with Gasteiger partial charge >= 0.3 is 7.37 Å². The van der Waals surface area contributed by atoms with E-state index in [9.17, 15) is 14.8 Å². The second-order valence-corrected chi connectivity index (χ2v) is 7.98. The summed E-state index contributed by atoms with van der Waals surface area (Å²) in [5.41, 5.74) is 1.71. The molecule has 0 amide bonds. The highest BCUT2D eigenvalue weighted by Crippen LogP contribution is 2.60. The first-order chi connectivity index (χ1) is 11.6. The Hall–Kier alpha value is -2.71. The van der Waals surface area contributed by atoms with Gasteiger partial charge in [-0.05, 0) is 35.9 Å². The first-order valence-corrected chi connectivity index (χ1v) is 9.20. The Kier molecular flexibility index (Phi) is 3.36. The van der Waals surface area contributed by atoms with Gasteiger partial charge in [0.05, 0.1) is 16.4 Å². The lowest BCUT2D eigenvalue weighted by molar-refractivity contribution is 0.395. The summed E-state index contributed by atoms with van der Waals surface area (Å²) in [6, 6.07) is 14.8. The van der Waals surface area contributed by atoms with Gasteiger partial charge in [0.1, 0.15) is 11.5 Å². The normalized spacial score (nSPS) is 22.1. The minimum atomic E-state index is -3.49. The summed E-state index contributed by atoms with van der Waals surface area (Å²) < 4.78 is 19.8. The summed E-state index contributed by atoms with van der Waals surface area (Å²) in [4.78, 5) is 0. The number of benzene rings is 2. The predicted molar refractivity (Wildman–Crippen MR) is 93.9 cm³/mol. The van der Waals surface area contributed by atoms with Crippen LogP contribution in [0.15, 0.2) is 83.6 Å². The van der Waals surface area contributed by atoms with E-state index in [2.05, 4.69) is 0 Å². The molecule has 1 unspecified atom stereocenters. The van der Waals surface area contributed by atoms with Crippen LogP contribution in [-0.4, -0.2) is 10.2 Å². The third-order valence-electron chi connectivity index (χ3n) is 4.10. The zero-order valence-corrected chi connectivity index (χ0v) is 13.6. The quantitative estimate of drug-likeness (QED) is 0.732. The van der Waals surface area contributed by atoms with Crippen LogP contribution in [-0.2, 0) is 4.57 Å². The van der Waals surface area contributed by atoms with Crippen molar-refractivity contribution in [2.75, 3.05) is 0 Å². The number of hydrogen-bond acceptors (Lipinski definition) is 4. The molecule has 0 saturated carbocycles. The Labute approximate surface area is 139 Å². The van der Waals surface area contributed by atoms with E-state index in [0.717, 1.165) is 11.1 Å². The van der Waals surface area contributed by atoms with Gasteiger partial charge < -0.3 is 14.7 Å². The highest BCUT2D eigenvalue weighted by Gasteiger charge is 2.39. The van der Waals surface area contributed by atoms with Crippen LogP contribution in [0.5, 0.6) is 5.75 Å². The molecule has 0 aromatic heterocycles. The largest absolute Gasteiger partial charge is 0.512 e. The molecule has 120 valence electrons. The smallest absolute Gasteiger partial charge is 0.307 e. The minimum Gasteiger partial charge on any atom is -0.512 e. The number of aliphatic hydroxyl groups excluding tert-OH is 2. The lowest BCUT2D eigenvalue weighted by atomic mass is 10.0. The monoisotopic (exact) mass is 338 g/mol. The zero-order chi connectivity index (χ0) is 16.7. The van der Waals surface area contributed by atoms with E-state index >= 15 is 0 Å². The fourth-order valence-electron chi connectivity index (χ4n) is 2.97. The third-order valence-corrected chi connectivity index (χ3v) is 6.51. The van der Waals surface area contributed by atoms with Crippen molar-refractivity contribution in [1.82, 2.24) is 0 Å². The SMILES string of the molecule is O=P1(C2=CC(O)=CCC(O)=C2)Oc2ccccc2-c2ccccc21. The molecule has 1 atom stereocenters. The van der Waals surface area contributed by atoms with Crippen LogP contribution in [0, 0.1) is 0 Å². The number of allylic oxidation sites excluding steroid dienone is 4. The summed E-state index contributed by atoms with van der Waals surface area (Å²) in [5, 5.41) is 20.7. The molecule has 1 heterocycles. The van der Waals surface area contributed by atoms with Crippen LogP contribution < -0.4 is 9.83 Å². The zero-order valence-electron chi connectivity index (χ0n) is 12.7. The van der Waals surface area contributed by atoms with Gasteiger partial charge in [-0.1, -0.05) is 36.4 Å². The van der Waals surface area contributed by atoms with Gasteiger partial charge in [-0.25, -0.2) is 0 Å². The van der Waals surface area contributed by atoms with Crippen LogP contribution in [0.1, 0.15) is 6.42 Å². The van der Waals surface area contributed by atoms with Gasteiger partial charge in [-0.15, -0.1) is 0 Å². The highest BCUT2D eigenvalue weighted by atomic mass is 31.2. The maximum atomic E-state index is 13.8. The van der Waals surface area contributed by atoms with E-state index in [0.29, 0.717) is 11.1 Å². The topological polar surface area (TPSA) is 66.8 Å². The Bertz CT molecular complexity index is 969. The molecule has 5 heteroatoms. The van der Waals surface area contributed by atoms with Crippen LogP contribution in [0.25, 0.3) is 11.1 Å². The maximum absolute atomic E-state index is 13.8. The first kappa shape index (κ1) is 14.9. The Balaban J connectivity index is 1.98. The van der Waals surface area contributed by atoms with Crippen molar-refractivity contribution < 1.29 is 19.3 Å². The van der Waals surface area contributed by atoms with Gasteiger partial charge in [0.25, 0.3) is 0 Å². The number of fused-ring (bicyclic) bond motifs is 3. The molecule has 1 aliphatic carbocycles. The van der Waals surface area contributed by atoms with Gasteiger partial charge in [0.2, 0.25) is 0 Å². The molecule has 0 bridgehead atoms. The average Bonchev–Trinajstić information content (AvgIpc) is 2.77. The van der Waals surface area contributed by atoms with Crippen LogP contribution in [0.3, 0.4) is 0 Å². The van der Waals surface area contributed by atoms with Crippen molar-refractivity contribution in [1.29, 1.82) is 0 Å². The van der Waals surface area contributed by atoms with Gasteiger partial charge in [-0.2, -0.15) is 0 Å². The summed E-state index contributed by atoms with van der Waals surface area (Å²) in [6.45, 7) is 0. The van der Waals surface area contributed by atoms with Gasteiger partial charge in [0.15, 0.2) is 0 Å². The van der Waals surface area contributed by atoms with Crippen LogP contribution in [0.2, 0.25) is 0 Å². The summed E-state index contributed by atoms with van der Waals surface area (Å²) >= 11 is 0. The van der Waals surface area contributed by atoms with E-state index in [4.69, 9.17) is 4.52 Å². The van der Waals surface area contributed by atoms with E-state index in [-0.39, 0.29) is 23.3 Å². The molecule has 24 heavy (non-hydrogen) atoms. The number of rotatable bonds is 1. The fourth-order valence-corrected chi connectivity index (χ4v) is 5.30. The Morgan fingerprint density at radius 1 is 0.917 bits per heavy atom. The fraction of sp³-hybridized carbons (Fsp3) is 0.0526. The summed E-state index contributed by atoms with van der Waals surface area (Å²) in [5.74, 6) is 0.516. The van der Waals surface area contributed by atoms with E-state index in [1.165, 1.54) is 18.2 Å². The molecule has 2 aliphatic rings. The van der Waals surface area contributed by atoms with Crippen molar-refractivity contribution in [3.8, 4) is 16.9 Å². The molecule has 0 radical (unpaired) electrons. The Morgan fingerprint density at radius 2 is 1.62 bits per heavy atom. The predicted octanol–water partition coefficient (Wildman–Crippen LogP) is 4.82. The number of aliphatic hydroxyl groups is 2. The van der Waals surface area contributed by atoms with Crippen molar-refractivity contribution in [3.05, 3.63) is 83.6 Å². The first-order valence-electron chi connectivity index (χ1n) is 7.57. The highest BCUT2D eigenvalue weighted by molar-refractivity contribution is 7.72. The molecule has 2 aromatic carbocycles. The van der Waals surface area contributed by atoms with Crippen molar-refractivity contribution in [3.63, 3.8) is 0 Å². The minimum absolute atomic E-state index is 0.0282. The molecular formula is C19H15O4P. The number of para-hydroxylation sites is 1. The average molecular weight is 338 g/mol. The van der Waals surface area contributed by atoms with Gasteiger partial charge in [0, 0.05) is 12.0 Å². The molecule has 2 N–H and O–H groups in total. The standard InChI is InChI=1S/C19H15O4P/c20-13-9-10-14(21)12-15(11-13)24(22)19-8-4-2-6-17(19)16-5-1-3-7-18(16)23-24/h1-9,11-12,20-21H,10H2. The van der Waals surface area contributed by atoms with E-state index < -0.39 is 7.37 Å². The summed E-state index contributed by atoms with van der Waals surface area (Å²) in [6.07, 6.45) is 4.47. The molecule has 1 aliphatic heterocycles. The van der Waals surface area contributed by atoms with E-state index in [1.807, 2.05) is 30.3 Å². The molecule has 4 rings (SSSR count). The molecule has 0 saturated heterocycles. The maximum Gasteiger partial charge on any atom is 0.307 e. The second-order valence-electron chi connectivity index (χ2n) is 5.69. The van der Waals surface area contributed by atoms with Crippen molar-refractivity contribution >= 4 is 12.7 Å². The van der Waals surface area contributed by atoms with Gasteiger partial charge in [-0.3, -0.25) is 4.57 Å². The molecule has 0 spiro atoms. The lowest BCUT2D eigenvalue weighted by Gasteiger charge is -2.29.